The molecule has 0 fully saturated rings. The second-order valence-corrected chi connectivity index (χ2v) is 7.96. The Hall–Kier alpha value is -3.35. The Kier molecular flexibility index (Phi) is 3.62. The average molecular weight is 389 g/mol. The van der Waals surface area contributed by atoms with E-state index in [1.165, 1.54) is 49.0 Å². The van der Waals surface area contributed by atoms with Crippen LogP contribution in [0.25, 0.3) is 54.6 Å². The molecule has 0 saturated heterocycles. The number of hydrogen-bond donors (Lipinski definition) is 0. The Bertz CT molecular complexity index is 1500. The molecule has 0 saturated carbocycles. The molecule has 29 heavy (non-hydrogen) atoms. The summed E-state index contributed by atoms with van der Waals surface area (Å²) in [7, 11) is 0. The minimum Gasteiger partial charge on any atom is -0.0843 e. The Balaban J connectivity index is 1.75. The summed E-state index contributed by atoms with van der Waals surface area (Å²) in [5, 5.41) is 8.55. The first-order chi connectivity index (χ1) is 14.3. The smallest absolute Gasteiger partial charge is 0.0412 e. The molecule has 0 bridgehead atoms. The van der Waals surface area contributed by atoms with Crippen LogP contribution in [0.1, 0.15) is 0 Å². The lowest BCUT2D eigenvalue weighted by atomic mass is 9.87. The van der Waals surface area contributed by atoms with Gasteiger partial charge in [-0.3, -0.25) is 0 Å². The maximum atomic E-state index is 6.29. The van der Waals surface area contributed by atoms with E-state index in [9.17, 15) is 0 Å². The summed E-state index contributed by atoms with van der Waals surface area (Å²) in [6.45, 7) is 0. The first kappa shape index (κ1) is 16.6. The largest absolute Gasteiger partial charge is 0.0843 e. The molecule has 0 nitrogen and oxygen atoms in total. The minimum absolute atomic E-state index is 0.763. The van der Waals surface area contributed by atoms with Crippen molar-refractivity contribution in [2.45, 2.75) is 0 Å². The lowest BCUT2D eigenvalue weighted by Gasteiger charge is -2.16. The zero-order valence-electron chi connectivity index (χ0n) is 15.7. The van der Waals surface area contributed by atoms with E-state index in [-0.39, 0.29) is 0 Å². The fraction of sp³-hybridized carbons (Fsp3) is 0. The first-order valence-corrected chi connectivity index (χ1v) is 10.2. The molecular formula is C28H17Cl. The molecule has 0 atom stereocenters. The Morgan fingerprint density at radius 3 is 1.62 bits per heavy atom. The monoisotopic (exact) mass is 388 g/mol. The lowest BCUT2D eigenvalue weighted by molar-refractivity contribution is 1.65. The Labute approximate surface area is 174 Å². The van der Waals surface area contributed by atoms with Crippen molar-refractivity contribution in [3.05, 3.63) is 108 Å². The van der Waals surface area contributed by atoms with E-state index in [0.717, 1.165) is 10.6 Å². The van der Waals surface area contributed by atoms with E-state index in [1.807, 2.05) is 18.2 Å². The van der Waals surface area contributed by atoms with Crippen LogP contribution in [0.3, 0.4) is 0 Å². The van der Waals surface area contributed by atoms with Crippen molar-refractivity contribution in [3.8, 4) is 22.3 Å². The van der Waals surface area contributed by atoms with Crippen molar-refractivity contribution in [1.29, 1.82) is 0 Å². The predicted molar refractivity (Wildman–Crippen MR) is 126 cm³/mol. The summed E-state index contributed by atoms with van der Waals surface area (Å²) < 4.78 is 0. The third kappa shape index (κ3) is 2.53. The van der Waals surface area contributed by atoms with Crippen molar-refractivity contribution in [3.63, 3.8) is 0 Å². The molecule has 0 radical (unpaired) electrons. The Morgan fingerprint density at radius 1 is 0.448 bits per heavy atom. The fourth-order valence-electron chi connectivity index (χ4n) is 4.58. The minimum atomic E-state index is 0.763. The van der Waals surface area contributed by atoms with Crippen molar-refractivity contribution in [2.24, 2.45) is 0 Å². The summed E-state index contributed by atoms with van der Waals surface area (Å²) in [5.74, 6) is 0. The summed E-state index contributed by atoms with van der Waals surface area (Å²) in [6, 6.07) is 36.7. The molecule has 0 spiro atoms. The van der Waals surface area contributed by atoms with E-state index in [1.54, 1.807) is 0 Å². The van der Waals surface area contributed by atoms with Crippen LogP contribution >= 0.6 is 11.6 Å². The molecule has 6 aromatic carbocycles. The molecular weight excluding hydrogens is 372 g/mol. The summed E-state index contributed by atoms with van der Waals surface area (Å²) in [6.07, 6.45) is 0. The summed E-state index contributed by atoms with van der Waals surface area (Å²) in [4.78, 5) is 0. The van der Waals surface area contributed by atoms with Gasteiger partial charge < -0.3 is 0 Å². The van der Waals surface area contributed by atoms with Crippen LogP contribution in [0.4, 0.5) is 0 Å². The van der Waals surface area contributed by atoms with Crippen molar-refractivity contribution in [2.75, 3.05) is 0 Å². The molecule has 0 amide bonds. The number of benzene rings is 6. The van der Waals surface area contributed by atoms with Crippen LogP contribution in [-0.2, 0) is 0 Å². The van der Waals surface area contributed by atoms with Gasteiger partial charge >= 0.3 is 0 Å². The van der Waals surface area contributed by atoms with Gasteiger partial charge in [0, 0.05) is 5.02 Å². The quantitative estimate of drug-likeness (QED) is 0.260. The number of halogens is 1. The second-order valence-electron chi connectivity index (χ2n) is 7.53. The number of hydrogen-bond acceptors (Lipinski definition) is 0. The topological polar surface area (TPSA) is 0 Å². The fourth-order valence-corrected chi connectivity index (χ4v) is 4.77. The normalized spacial score (nSPS) is 11.6. The van der Waals surface area contributed by atoms with Gasteiger partial charge in [-0.15, -0.1) is 0 Å². The molecule has 136 valence electrons. The van der Waals surface area contributed by atoms with Crippen molar-refractivity contribution < 1.29 is 0 Å². The molecule has 6 rings (SSSR count). The third-order valence-electron chi connectivity index (χ3n) is 5.89. The molecule has 0 N–H and O–H groups in total. The van der Waals surface area contributed by atoms with Gasteiger partial charge in [-0.05, 0) is 66.7 Å². The third-order valence-corrected chi connectivity index (χ3v) is 6.12. The van der Waals surface area contributed by atoms with E-state index < -0.39 is 0 Å². The SMILES string of the molecule is Clc1cccc(-c2ccc3ccc4c(-c5ccccc5)ccc5ccc2c3c54)c1. The summed E-state index contributed by atoms with van der Waals surface area (Å²) in [5.41, 5.74) is 4.90. The van der Waals surface area contributed by atoms with E-state index >= 15 is 0 Å². The molecule has 0 aliphatic carbocycles. The van der Waals surface area contributed by atoms with Crippen molar-refractivity contribution in [1.82, 2.24) is 0 Å². The van der Waals surface area contributed by atoms with Crippen LogP contribution in [-0.4, -0.2) is 0 Å². The van der Waals surface area contributed by atoms with Crippen LogP contribution in [0.15, 0.2) is 103 Å². The number of rotatable bonds is 2. The highest BCUT2D eigenvalue weighted by Gasteiger charge is 2.14. The zero-order valence-corrected chi connectivity index (χ0v) is 16.4. The molecule has 0 heterocycles. The van der Waals surface area contributed by atoms with Gasteiger partial charge in [0.15, 0.2) is 0 Å². The Morgan fingerprint density at radius 2 is 1.00 bits per heavy atom. The van der Waals surface area contributed by atoms with E-state index in [0.29, 0.717) is 0 Å². The van der Waals surface area contributed by atoms with Gasteiger partial charge in [0.1, 0.15) is 0 Å². The van der Waals surface area contributed by atoms with Crippen LogP contribution in [0.2, 0.25) is 5.02 Å². The van der Waals surface area contributed by atoms with Crippen molar-refractivity contribution >= 4 is 43.9 Å². The predicted octanol–water partition coefficient (Wildman–Crippen LogP) is 8.57. The maximum absolute atomic E-state index is 6.29. The van der Waals surface area contributed by atoms with Crippen LogP contribution < -0.4 is 0 Å². The zero-order chi connectivity index (χ0) is 19.4. The highest BCUT2D eigenvalue weighted by Crippen LogP contribution is 2.42. The van der Waals surface area contributed by atoms with Gasteiger partial charge in [0.05, 0.1) is 0 Å². The second kappa shape index (κ2) is 6.34. The van der Waals surface area contributed by atoms with E-state index in [2.05, 4.69) is 84.9 Å². The molecule has 1 heteroatoms. The van der Waals surface area contributed by atoms with Crippen LogP contribution in [0, 0.1) is 0 Å². The highest BCUT2D eigenvalue weighted by molar-refractivity contribution is 6.31. The van der Waals surface area contributed by atoms with Gasteiger partial charge in [0.2, 0.25) is 0 Å². The standard InChI is InChI=1S/C28H17Cl/c29-22-8-4-7-21(17-22)24-14-10-20-11-15-25-23(18-5-2-1-3-6-18)13-9-19-12-16-26(24)28(20)27(19)25/h1-17H. The first-order valence-electron chi connectivity index (χ1n) is 9.81. The van der Waals surface area contributed by atoms with Gasteiger partial charge in [-0.1, -0.05) is 103 Å². The van der Waals surface area contributed by atoms with Crippen LogP contribution in [0.5, 0.6) is 0 Å². The highest BCUT2D eigenvalue weighted by atomic mass is 35.5. The molecule has 0 aliphatic rings. The van der Waals surface area contributed by atoms with E-state index in [4.69, 9.17) is 11.6 Å². The van der Waals surface area contributed by atoms with Gasteiger partial charge in [-0.2, -0.15) is 0 Å². The lowest BCUT2D eigenvalue weighted by Crippen LogP contribution is -1.89. The molecule has 0 unspecified atom stereocenters. The van der Waals surface area contributed by atoms with Gasteiger partial charge in [0.25, 0.3) is 0 Å². The average Bonchev–Trinajstić information content (AvgIpc) is 2.78. The maximum Gasteiger partial charge on any atom is 0.0412 e. The summed E-state index contributed by atoms with van der Waals surface area (Å²) >= 11 is 6.29. The molecule has 6 aromatic rings. The molecule has 0 aromatic heterocycles. The molecule has 0 aliphatic heterocycles. The van der Waals surface area contributed by atoms with Gasteiger partial charge in [-0.25, -0.2) is 0 Å².